The van der Waals surface area contributed by atoms with Gasteiger partial charge in [0.1, 0.15) is 0 Å². The molecule has 1 fully saturated rings. The second-order valence-corrected chi connectivity index (χ2v) is 3.53. The van der Waals surface area contributed by atoms with Crippen molar-refractivity contribution in [3.05, 3.63) is 0 Å². The number of hydrogen-bond acceptors (Lipinski definition) is 3. The Kier molecular flexibility index (Phi) is 3.88. The minimum absolute atomic E-state index is 0.0383. The molecule has 1 heterocycles. The van der Waals surface area contributed by atoms with Crippen LogP contribution in [0, 0.1) is 5.92 Å². The summed E-state index contributed by atoms with van der Waals surface area (Å²) < 4.78 is 0. The largest absolute Gasteiger partial charge is 0.481 e. The summed E-state index contributed by atoms with van der Waals surface area (Å²) in [6, 6.07) is 0. The van der Waals surface area contributed by atoms with Crippen molar-refractivity contribution in [3.63, 3.8) is 0 Å². The number of amides is 1. The summed E-state index contributed by atoms with van der Waals surface area (Å²) in [5, 5.41) is 8.74. The predicted molar refractivity (Wildman–Crippen MR) is 50.6 cm³/mol. The lowest BCUT2D eigenvalue weighted by Gasteiger charge is -2.30. The Morgan fingerprint density at radius 1 is 1.36 bits per heavy atom. The zero-order valence-corrected chi connectivity index (χ0v) is 8.11. The van der Waals surface area contributed by atoms with E-state index in [0.29, 0.717) is 38.9 Å². The standard InChI is InChI=1S/C9H16N2O3/c10-4-1-8(12)11-5-2-7(3-6-11)9(13)14/h7H,1-6,10H2,(H,13,14). The van der Waals surface area contributed by atoms with Crippen LogP contribution in [0.4, 0.5) is 0 Å². The molecule has 0 radical (unpaired) electrons. The molecule has 1 amide bonds. The van der Waals surface area contributed by atoms with Crippen molar-refractivity contribution in [1.29, 1.82) is 0 Å². The third-order valence-electron chi connectivity index (χ3n) is 2.56. The molecule has 0 saturated carbocycles. The molecule has 5 nitrogen and oxygen atoms in total. The van der Waals surface area contributed by atoms with Crippen LogP contribution in [0.2, 0.25) is 0 Å². The summed E-state index contributed by atoms with van der Waals surface area (Å²) in [4.78, 5) is 23.7. The van der Waals surface area contributed by atoms with Gasteiger partial charge in [0.25, 0.3) is 0 Å². The Balaban J connectivity index is 2.35. The van der Waals surface area contributed by atoms with Crippen molar-refractivity contribution in [3.8, 4) is 0 Å². The lowest BCUT2D eigenvalue weighted by molar-refractivity contribution is -0.145. The van der Waals surface area contributed by atoms with E-state index < -0.39 is 5.97 Å². The minimum Gasteiger partial charge on any atom is -0.481 e. The molecule has 0 aromatic carbocycles. The molecule has 0 unspecified atom stereocenters. The number of rotatable bonds is 3. The van der Waals surface area contributed by atoms with Gasteiger partial charge in [-0.1, -0.05) is 0 Å². The van der Waals surface area contributed by atoms with E-state index in [1.807, 2.05) is 0 Å². The molecule has 3 N–H and O–H groups in total. The number of likely N-dealkylation sites (tertiary alicyclic amines) is 1. The topological polar surface area (TPSA) is 83.6 Å². The van der Waals surface area contributed by atoms with Crippen LogP contribution in [0.25, 0.3) is 0 Å². The van der Waals surface area contributed by atoms with Crippen LogP contribution in [0.15, 0.2) is 0 Å². The molecule has 0 aromatic rings. The van der Waals surface area contributed by atoms with E-state index in [1.54, 1.807) is 4.90 Å². The lowest BCUT2D eigenvalue weighted by Crippen LogP contribution is -2.40. The molecule has 0 aromatic heterocycles. The van der Waals surface area contributed by atoms with Gasteiger partial charge >= 0.3 is 5.97 Å². The van der Waals surface area contributed by atoms with Crippen LogP contribution in [0.3, 0.4) is 0 Å². The van der Waals surface area contributed by atoms with Gasteiger partial charge in [-0.25, -0.2) is 0 Å². The van der Waals surface area contributed by atoms with Gasteiger partial charge in [-0.05, 0) is 12.8 Å². The van der Waals surface area contributed by atoms with Gasteiger partial charge in [-0.15, -0.1) is 0 Å². The fourth-order valence-corrected chi connectivity index (χ4v) is 1.66. The van der Waals surface area contributed by atoms with Gasteiger partial charge in [0.15, 0.2) is 0 Å². The quantitative estimate of drug-likeness (QED) is 0.652. The maximum atomic E-state index is 11.4. The highest BCUT2D eigenvalue weighted by molar-refractivity contribution is 5.77. The van der Waals surface area contributed by atoms with Crippen LogP contribution in [0.1, 0.15) is 19.3 Å². The smallest absolute Gasteiger partial charge is 0.306 e. The first kappa shape index (κ1) is 11.0. The minimum atomic E-state index is -0.754. The van der Waals surface area contributed by atoms with Crippen LogP contribution >= 0.6 is 0 Å². The van der Waals surface area contributed by atoms with Crippen LogP contribution in [-0.2, 0) is 9.59 Å². The predicted octanol–water partition coefficient (Wildman–Crippen LogP) is -0.342. The normalized spacial score (nSPS) is 18.2. The van der Waals surface area contributed by atoms with Crippen LogP contribution in [-0.4, -0.2) is 41.5 Å². The summed E-state index contributed by atoms with van der Waals surface area (Å²) >= 11 is 0. The van der Waals surface area contributed by atoms with Crippen molar-refractivity contribution in [2.24, 2.45) is 11.7 Å². The van der Waals surface area contributed by atoms with E-state index in [9.17, 15) is 9.59 Å². The maximum absolute atomic E-state index is 11.4. The summed E-state index contributed by atoms with van der Waals surface area (Å²) in [6.45, 7) is 1.46. The first-order chi connectivity index (χ1) is 6.65. The molecule has 5 heteroatoms. The van der Waals surface area contributed by atoms with Gasteiger partial charge in [0.2, 0.25) is 5.91 Å². The van der Waals surface area contributed by atoms with Gasteiger partial charge in [-0.2, -0.15) is 0 Å². The number of nitrogens with two attached hydrogens (primary N) is 1. The molecule has 14 heavy (non-hydrogen) atoms. The number of aliphatic carboxylic acids is 1. The number of nitrogens with zero attached hydrogens (tertiary/aromatic N) is 1. The molecule has 80 valence electrons. The second-order valence-electron chi connectivity index (χ2n) is 3.53. The number of carbonyl (C=O) groups is 2. The third kappa shape index (κ3) is 2.70. The van der Waals surface area contributed by atoms with E-state index in [-0.39, 0.29) is 11.8 Å². The molecule has 1 aliphatic heterocycles. The zero-order chi connectivity index (χ0) is 10.6. The number of carbonyl (C=O) groups excluding carboxylic acids is 1. The molecule has 0 aliphatic carbocycles. The van der Waals surface area contributed by atoms with Crippen LogP contribution in [0.5, 0.6) is 0 Å². The maximum Gasteiger partial charge on any atom is 0.306 e. The fourth-order valence-electron chi connectivity index (χ4n) is 1.66. The Morgan fingerprint density at radius 3 is 2.36 bits per heavy atom. The van der Waals surface area contributed by atoms with Crippen LogP contribution < -0.4 is 5.73 Å². The molecule has 1 aliphatic rings. The summed E-state index contributed by atoms with van der Waals surface area (Å²) in [7, 11) is 0. The van der Waals surface area contributed by atoms with E-state index >= 15 is 0 Å². The molecule has 0 bridgehead atoms. The molecule has 0 spiro atoms. The summed E-state index contributed by atoms with van der Waals surface area (Å²) in [6.07, 6.45) is 1.48. The summed E-state index contributed by atoms with van der Waals surface area (Å²) in [5.74, 6) is -0.996. The molecular weight excluding hydrogens is 184 g/mol. The van der Waals surface area contributed by atoms with Gasteiger partial charge in [-0.3, -0.25) is 9.59 Å². The second kappa shape index (κ2) is 4.95. The molecule has 0 atom stereocenters. The monoisotopic (exact) mass is 200 g/mol. The Labute approximate surface area is 82.9 Å². The zero-order valence-electron chi connectivity index (χ0n) is 8.11. The van der Waals surface area contributed by atoms with Crippen molar-refractivity contribution in [2.75, 3.05) is 19.6 Å². The molecule has 1 rings (SSSR count). The number of hydrogen-bond donors (Lipinski definition) is 2. The first-order valence-corrected chi connectivity index (χ1v) is 4.85. The van der Waals surface area contributed by atoms with Crippen molar-refractivity contribution >= 4 is 11.9 Å². The van der Waals surface area contributed by atoms with Crippen molar-refractivity contribution < 1.29 is 14.7 Å². The fraction of sp³-hybridized carbons (Fsp3) is 0.778. The number of piperidine rings is 1. The van der Waals surface area contributed by atoms with E-state index in [1.165, 1.54) is 0 Å². The average Bonchev–Trinajstić information content (AvgIpc) is 2.18. The summed E-state index contributed by atoms with van der Waals surface area (Å²) in [5.41, 5.74) is 5.27. The van der Waals surface area contributed by atoms with E-state index in [2.05, 4.69) is 0 Å². The molecule has 1 saturated heterocycles. The van der Waals surface area contributed by atoms with Crippen molar-refractivity contribution in [1.82, 2.24) is 4.90 Å². The Morgan fingerprint density at radius 2 is 1.93 bits per heavy atom. The highest BCUT2D eigenvalue weighted by atomic mass is 16.4. The van der Waals surface area contributed by atoms with E-state index in [0.717, 1.165) is 0 Å². The van der Waals surface area contributed by atoms with E-state index in [4.69, 9.17) is 10.8 Å². The lowest BCUT2D eigenvalue weighted by atomic mass is 9.97. The average molecular weight is 200 g/mol. The SMILES string of the molecule is NCCC(=O)N1CCC(C(=O)O)CC1. The number of carboxylic acid groups (broad SMARTS) is 1. The molecular formula is C9H16N2O3. The van der Waals surface area contributed by atoms with Gasteiger partial charge in [0.05, 0.1) is 5.92 Å². The van der Waals surface area contributed by atoms with Gasteiger partial charge < -0.3 is 15.7 Å². The Hall–Kier alpha value is -1.10. The highest BCUT2D eigenvalue weighted by Crippen LogP contribution is 2.17. The third-order valence-corrected chi connectivity index (χ3v) is 2.56. The van der Waals surface area contributed by atoms with Gasteiger partial charge in [0, 0.05) is 26.1 Å². The first-order valence-electron chi connectivity index (χ1n) is 4.85. The van der Waals surface area contributed by atoms with Crippen molar-refractivity contribution in [2.45, 2.75) is 19.3 Å². The highest BCUT2D eigenvalue weighted by Gasteiger charge is 2.26. The Bertz CT molecular complexity index is 222. The number of carboxylic acids is 1.